The highest BCUT2D eigenvalue weighted by Gasteiger charge is 2.09. The zero-order valence-corrected chi connectivity index (χ0v) is 11.8. The third-order valence-corrected chi connectivity index (χ3v) is 2.58. The van der Waals surface area contributed by atoms with Gasteiger partial charge in [0.05, 0.1) is 20.3 Å². The van der Waals surface area contributed by atoms with Crippen LogP contribution in [0.3, 0.4) is 0 Å². The second kappa shape index (κ2) is 5.83. The lowest BCUT2D eigenvalue weighted by atomic mass is 10.3. The van der Waals surface area contributed by atoms with Crippen LogP contribution in [0.25, 0.3) is 0 Å². The zero-order chi connectivity index (χ0) is 13.8. The molecule has 0 saturated heterocycles. The summed E-state index contributed by atoms with van der Waals surface area (Å²) in [5.41, 5.74) is 0. The topological polar surface area (TPSA) is 53.5 Å². The first-order valence-corrected chi connectivity index (χ1v) is 6.01. The lowest BCUT2D eigenvalue weighted by Gasteiger charge is -2.07. The van der Waals surface area contributed by atoms with Gasteiger partial charge in [0.2, 0.25) is 11.8 Å². The van der Waals surface area contributed by atoms with E-state index in [0.29, 0.717) is 4.47 Å². The van der Waals surface area contributed by atoms with E-state index in [1.807, 2.05) is 0 Å². The minimum atomic E-state index is -0.431. The molecule has 0 saturated carbocycles. The zero-order valence-electron chi connectivity index (χ0n) is 10.2. The number of ether oxygens (including phenoxy) is 3. The Morgan fingerprint density at radius 3 is 2.16 bits per heavy atom. The van der Waals surface area contributed by atoms with Gasteiger partial charge in [0.15, 0.2) is 0 Å². The van der Waals surface area contributed by atoms with E-state index in [1.165, 1.54) is 32.4 Å². The van der Waals surface area contributed by atoms with Crippen LogP contribution in [0.2, 0.25) is 0 Å². The number of benzene rings is 1. The molecule has 0 aliphatic carbocycles. The second-order valence-corrected chi connectivity index (χ2v) is 4.36. The maximum Gasteiger partial charge on any atom is 0.328 e. The molecule has 1 aromatic carbocycles. The van der Waals surface area contributed by atoms with E-state index in [0.717, 1.165) is 0 Å². The van der Waals surface area contributed by atoms with E-state index < -0.39 is 5.82 Å². The fraction of sp³-hybridized carbons (Fsp3) is 0.167. The maximum atomic E-state index is 13.2. The standard InChI is InChI=1S/C12H10BrFN2O3/c1-17-10-6-11(18-2)16-12(15-10)19-9-4-7(13)3-8(14)5-9/h3-6H,1-2H3. The molecule has 0 amide bonds. The van der Waals surface area contributed by atoms with Crippen molar-refractivity contribution in [2.75, 3.05) is 14.2 Å². The van der Waals surface area contributed by atoms with Gasteiger partial charge < -0.3 is 14.2 Å². The average Bonchev–Trinajstić information content (AvgIpc) is 2.37. The molecule has 1 aromatic heterocycles. The molecule has 19 heavy (non-hydrogen) atoms. The molecule has 2 aromatic rings. The molecule has 2 rings (SSSR count). The van der Waals surface area contributed by atoms with Gasteiger partial charge in [-0.3, -0.25) is 0 Å². The highest BCUT2D eigenvalue weighted by atomic mass is 79.9. The van der Waals surface area contributed by atoms with Crippen molar-refractivity contribution in [2.24, 2.45) is 0 Å². The van der Waals surface area contributed by atoms with Crippen molar-refractivity contribution in [1.29, 1.82) is 0 Å². The van der Waals surface area contributed by atoms with Crippen LogP contribution in [-0.4, -0.2) is 24.2 Å². The Labute approximate surface area is 117 Å². The molecule has 0 aliphatic rings. The van der Waals surface area contributed by atoms with Crippen molar-refractivity contribution in [1.82, 2.24) is 9.97 Å². The second-order valence-electron chi connectivity index (χ2n) is 3.44. The average molecular weight is 329 g/mol. The first-order valence-electron chi connectivity index (χ1n) is 5.21. The lowest BCUT2D eigenvalue weighted by Crippen LogP contribution is -1.98. The predicted octanol–water partition coefficient (Wildman–Crippen LogP) is 3.19. The summed E-state index contributed by atoms with van der Waals surface area (Å²) in [6.07, 6.45) is 0. The Balaban J connectivity index is 2.31. The Morgan fingerprint density at radius 1 is 1.00 bits per heavy atom. The Hall–Kier alpha value is -1.89. The summed E-state index contributed by atoms with van der Waals surface area (Å²) in [6, 6.07) is 5.65. The van der Waals surface area contributed by atoms with Crippen molar-refractivity contribution < 1.29 is 18.6 Å². The number of rotatable bonds is 4. The van der Waals surface area contributed by atoms with Gasteiger partial charge in [-0.25, -0.2) is 4.39 Å². The summed E-state index contributed by atoms with van der Waals surface area (Å²) in [7, 11) is 2.93. The highest BCUT2D eigenvalue weighted by molar-refractivity contribution is 9.10. The number of hydrogen-bond acceptors (Lipinski definition) is 5. The quantitative estimate of drug-likeness (QED) is 0.862. The summed E-state index contributed by atoms with van der Waals surface area (Å²) in [5.74, 6) is 0.413. The molecule has 100 valence electrons. The maximum absolute atomic E-state index is 13.2. The molecular formula is C12H10BrFN2O3. The number of hydrogen-bond donors (Lipinski definition) is 0. The van der Waals surface area contributed by atoms with E-state index in [9.17, 15) is 4.39 Å². The van der Waals surface area contributed by atoms with Crippen molar-refractivity contribution in [3.63, 3.8) is 0 Å². The smallest absolute Gasteiger partial charge is 0.328 e. The molecule has 5 nitrogen and oxygen atoms in total. The van der Waals surface area contributed by atoms with Crippen molar-refractivity contribution >= 4 is 15.9 Å². The summed E-state index contributed by atoms with van der Waals surface area (Å²) < 4.78 is 29.1. The van der Waals surface area contributed by atoms with E-state index in [4.69, 9.17) is 14.2 Å². The molecule has 1 heterocycles. The van der Waals surface area contributed by atoms with Crippen LogP contribution < -0.4 is 14.2 Å². The van der Waals surface area contributed by atoms with E-state index >= 15 is 0 Å². The minimum absolute atomic E-state index is 0.00806. The molecule has 0 spiro atoms. The van der Waals surface area contributed by atoms with Crippen LogP contribution in [-0.2, 0) is 0 Å². The molecule has 7 heteroatoms. The van der Waals surface area contributed by atoms with Gasteiger partial charge in [-0.05, 0) is 12.1 Å². The van der Waals surface area contributed by atoms with Gasteiger partial charge in [-0.15, -0.1) is 0 Å². The molecule has 0 unspecified atom stereocenters. The summed E-state index contributed by atoms with van der Waals surface area (Å²) in [5, 5.41) is 0. The number of nitrogens with zero attached hydrogens (tertiary/aromatic N) is 2. The largest absolute Gasteiger partial charge is 0.481 e. The Morgan fingerprint density at radius 2 is 1.63 bits per heavy atom. The Kier molecular flexibility index (Phi) is 4.16. The van der Waals surface area contributed by atoms with Crippen LogP contribution in [0.5, 0.6) is 23.5 Å². The van der Waals surface area contributed by atoms with E-state index in [2.05, 4.69) is 25.9 Å². The monoisotopic (exact) mass is 328 g/mol. The van der Waals surface area contributed by atoms with Crippen LogP contribution in [0, 0.1) is 5.82 Å². The summed E-state index contributed by atoms with van der Waals surface area (Å²) >= 11 is 3.17. The fourth-order valence-corrected chi connectivity index (χ4v) is 1.78. The summed E-state index contributed by atoms with van der Waals surface area (Å²) in [4.78, 5) is 7.96. The lowest BCUT2D eigenvalue weighted by molar-refractivity contribution is 0.347. The van der Waals surface area contributed by atoms with Crippen LogP contribution >= 0.6 is 15.9 Å². The molecule has 0 fully saturated rings. The first-order chi connectivity index (χ1) is 9.10. The third kappa shape index (κ3) is 3.54. The van der Waals surface area contributed by atoms with E-state index in [-0.39, 0.29) is 23.5 Å². The Bertz CT molecular complexity index is 553. The number of halogens is 2. The van der Waals surface area contributed by atoms with Gasteiger partial charge in [0.25, 0.3) is 0 Å². The third-order valence-electron chi connectivity index (χ3n) is 2.12. The van der Waals surface area contributed by atoms with Gasteiger partial charge >= 0.3 is 6.01 Å². The SMILES string of the molecule is COc1cc(OC)nc(Oc2cc(F)cc(Br)c2)n1. The van der Waals surface area contributed by atoms with Crippen LogP contribution in [0.4, 0.5) is 4.39 Å². The molecule has 0 N–H and O–H groups in total. The van der Waals surface area contributed by atoms with Crippen molar-refractivity contribution in [3.8, 4) is 23.5 Å². The van der Waals surface area contributed by atoms with Crippen molar-refractivity contribution in [3.05, 3.63) is 34.6 Å². The number of methoxy groups -OCH3 is 2. The highest BCUT2D eigenvalue weighted by Crippen LogP contribution is 2.26. The van der Waals surface area contributed by atoms with Gasteiger partial charge in [0, 0.05) is 10.5 Å². The first kappa shape index (κ1) is 13.5. The van der Waals surface area contributed by atoms with Gasteiger partial charge in [-0.2, -0.15) is 9.97 Å². The van der Waals surface area contributed by atoms with Gasteiger partial charge in [0.1, 0.15) is 11.6 Å². The van der Waals surface area contributed by atoms with Crippen LogP contribution in [0.15, 0.2) is 28.7 Å². The predicted molar refractivity (Wildman–Crippen MR) is 69.3 cm³/mol. The number of aromatic nitrogens is 2. The fourth-order valence-electron chi connectivity index (χ4n) is 1.33. The molecule has 0 atom stereocenters. The molecular weight excluding hydrogens is 319 g/mol. The molecule has 0 bridgehead atoms. The molecule has 0 radical (unpaired) electrons. The van der Waals surface area contributed by atoms with E-state index in [1.54, 1.807) is 6.07 Å². The minimum Gasteiger partial charge on any atom is -0.481 e. The van der Waals surface area contributed by atoms with Gasteiger partial charge in [-0.1, -0.05) is 15.9 Å². The van der Waals surface area contributed by atoms with Crippen molar-refractivity contribution in [2.45, 2.75) is 0 Å². The normalized spacial score (nSPS) is 10.1. The van der Waals surface area contributed by atoms with Crippen LogP contribution in [0.1, 0.15) is 0 Å². The molecule has 0 aliphatic heterocycles. The summed E-state index contributed by atoms with van der Waals surface area (Å²) in [6.45, 7) is 0.